The van der Waals surface area contributed by atoms with Crippen molar-refractivity contribution < 1.29 is 5.11 Å². The van der Waals surface area contributed by atoms with Crippen LogP contribution in [0.4, 0.5) is 0 Å². The molecule has 1 aromatic carbocycles. The van der Waals surface area contributed by atoms with Crippen molar-refractivity contribution in [1.82, 2.24) is 5.32 Å². The molecule has 1 saturated heterocycles. The molecule has 0 amide bonds. The van der Waals surface area contributed by atoms with Crippen molar-refractivity contribution in [3.63, 3.8) is 0 Å². The highest BCUT2D eigenvalue weighted by atomic mass is 16.3. The predicted octanol–water partition coefficient (Wildman–Crippen LogP) is 2.51. The average molecular weight is 233 g/mol. The number of nitrogens with one attached hydrogen (secondary N) is 1. The largest absolute Gasteiger partial charge is 0.393 e. The standard InChI is InChI=1S/C15H23NO/c17-15(12-13-6-2-1-3-7-13)10-9-14-8-4-5-11-16-14/h1-3,6-7,14-17H,4-5,8-12H2. The van der Waals surface area contributed by atoms with Gasteiger partial charge in [-0.3, -0.25) is 0 Å². The second-order valence-corrected chi connectivity index (χ2v) is 5.07. The van der Waals surface area contributed by atoms with E-state index in [0.29, 0.717) is 6.04 Å². The Labute approximate surface area is 104 Å². The van der Waals surface area contributed by atoms with Gasteiger partial charge in [0.15, 0.2) is 0 Å². The molecule has 2 atom stereocenters. The second-order valence-electron chi connectivity index (χ2n) is 5.07. The topological polar surface area (TPSA) is 32.3 Å². The third-order valence-electron chi connectivity index (χ3n) is 3.57. The number of hydrogen-bond donors (Lipinski definition) is 2. The van der Waals surface area contributed by atoms with Gasteiger partial charge in [0.2, 0.25) is 0 Å². The molecule has 2 unspecified atom stereocenters. The van der Waals surface area contributed by atoms with E-state index in [1.165, 1.54) is 24.8 Å². The number of aliphatic hydroxyl groups is 1. The maximum absolute atomic E-state index is 10.0. The Morgan fingerprint density at radius 3 is 2.76 bits per heavy atom. The molecule has 1 fully saturated rings. The van der Waals surface area contributed by atoms with Gasteiger partial charge in [0.25, 0.3) is 0 Å². The summed E-state index contributed by atoms with van der Waals surface area (Å²) < 4.78 is 0. The lowest BCUT2D eigenvalue weighted by Crippen LogP contribution is -2.34. The van der Waals surface area contributed by atoms with Crippen LogP contribution in [0.25, 0.3) is 0 Å². The van der Waals surface area contributed by atoms with Gasteiger partial charge < -0.3 is 10.4 Å². The van der Waals surface area contributed by atoms with Crippen molar-refractivity contribution in [3.8, 4) is 0 Å². The van der Waals surface area contributed by atoms with E-state index in [9.17, 15) is 5.11 Å². The van der Waals surface area contributed by atoms with Gasteiger partial charge in [-0.25, -0.2) is 0 Å². The molecule has 1 aliphatic heterocycles. The molecule has 1 aliphatic rings. The van der Waals surface area contributed by atoms with Crippen LogP contribution in [0.2, 0.25) is 0 Å². The van der Waals surface area contributed by atoms with Crippen molar-refractivity contribution in [2.75, 3.05) is 6.54 Å². The molecule has 0 aliphatic carbocycles. The maximum atomic E-state index is 10.0. The maximum Gasteiger partial charge on any atom is 0.0581 e. The molecular formula is C15H23NO. The fourth-order valence-electron chi connectivity index (χ4n) is 2.55. The van der Waals surface area contributed by atoms with Gasteiger partial charge in [-0.1, -0.05) is 36.8 Å². The highest BCUT2D eigenvalue weighted by Crippen LogP contribution is 2.14. The van der Waals surface area contributed by atoms with Crippen LogP contribution >= 0.6 is 0 Å². The fourth-order valence-corrected chi connectivity index (χ4v) is 2.55. The first-order valence-electron chi connectivity index (χ1n) is 6.80. The first-order valence-corrected chi connectivity index (χ1v) is 6.80. The number of rotatable bonds is 5. The molecule has 0 aromatic heterocycles. The van der Waals surface area contributed by atoms with E-state index in [4.69, 9.17) is 0 Å². The summed E-state index contributed by atoms with van der Waals surface area (Å²) in [7, 11) is 0. The molecule has 0 radical (unpaired) electrons. The molecule has 0 saturated carbocycles. The van der Waals surface area contributed by atoms with Gasteiger partial charge >= 0.3 is 0 Å². The van der Waals surface area contributed by atoms with Gasteiger partial charge in [-0.2, -0.15) is 0 Å². The molecule has 0 bridgehead atoms. The second kappa shape index (κ2) is 6.77. The smallest absolute Gasteiger partial charge is 0.0581 e. The number of benzene rings is 1. The zero-order valence-electron chi connectivity index (χ0n) is 10.4. The van der Waals surface area contributed by atoms with Crippen LogP contribution in [0.3, 0.4) is 0 Å². The van der Waals surface area contributed by atoms with E-state index in [1.54, 1.807) is 0 Å². The van der Waals surface area contributed by atoms with Gasteiger partial charge in [0, 0.05) is 6.04 Å². The summed E-state index contributed by atoms with van der Waals surface area (Å²) in [5.74, 6) is 0. The van der Waals surface area contributed by atoms with Crippen molar-refractivity contribution >= 4 is 0 Å². The molecule has 2 rings (SSSR count). The van der Waals surface area contributed by atoms with Crippen LogP contribution in [0.1, 0.15) is 37.7 Å². The molecule has 1 aromatic rings. The SMILES string of the molecule is OC(CCC1CCCCN1)Cc1ccccc1. The number of piperidine rings is 1. The Balaban J connectivity index is 1.68. The summed E-state index contributed by atoms with van der Waals surface area (Å²) in [6, 6.07) is 10.9. The summed E-state index contributed by atoms with van der Waals surface area (Å²) in [6.45, 7) is 1.15. The van der Waals surface area contributed by atoms with Crippen molar-refractivity contribution in [2.24, 2.45) is 0 Å². The molecule has 2 nitrogen and oxygen atoms in total. The van der Waals surface area contributed by atoms with Gasteiger partial charge in [0.05, 0.1) is 6.10 Å². The third-order valence-corrected chi connectivity index (χ3v) is 3.57. The van der Waals surface area contributed by atoms with Crippen LogP contribution in [0.15, 0.2) is 30.3 Å². The molecule has 2 N–H and O–H groups in total. The van der Waals surface area contributed by atoms with Gasteiger partial charge in [-0.15, -0.1) is 0 Å². The quantitative estimate of drug-likeness (QED) is 0.819. The highest BCUT2D eigenvalue weighted by Gasteiger charge is 2.14. The van der Waals surface area contributed by atoms with E-state index in [2.05, 4.69) is 17.4 Å². The first-order chi connectivity index (χ1) is 8.34. The van der Waals surface area contributed by atoms with Crippen LogP contribution in [0, 0.1) is 0 Å². The molecule has 0 spiro atoms. The normalized spacial score (nSPS) is 22.3. The van der Waals surface area contributed by atoms with E-state index in [1.807, 2.05) is 18.2 Å². The summed E-state index contributed by atoms with van der Waals surface area (Å²) in [5.41, 5.74) is 1.23. The lowest BCUT2D eigenvalue weighted by molar-refractivity contribution is 0.154. The summed E-state index contributed by atoms with van der Waals surface area (Å²) in [5, 5.41) is 13.5. The minimum Gasteiger partial charge on any atom is -0.393 e. The Bertz CT molecular complexity index is 306. The third kappa shape index (κ3) is 4.49. The zero-order chi connectivity index (χ0) is 11.9. The van der Waals surface area contributed by atoms with E-state index < -0.39 is 0 Å². The van der Waals surface area contributed by atoms with Crippen LogP contribution < -0.4 is 5.32 Å². The predicted molar refractivity (Wildman–Crippen MR) is 71.0 cm³/mol. The first kappa shape index (κ1) is 12.6. The molecule has 2 heteroatoms. The Hall–Kier alpha value is -0.860. The summed E-state index contributed by atoms with van der Waals surface area (Å²) in [4.78, 5) is 0. The number of hydrogen-bond acceptors (Lipinski definition) is 2. The van der Waals surface area contributed by atoms with Crippen molar-refractivity contribution in [2.45, 2.75) is 50.7 Å². The van der Waals surface area contributed by atoms with Gasteiger partial charge in [-0.05, 0) is 44.2 Å². The van der Waals surface area contributed by atoms with Crippen LogP contribution in [-0.4, -0.2) is 23.8 Å². The van der Waals surface area contributed by atoms with E-state index >= 15 is 0 Å². The zero-order valence-corrected chi connectivity index (χ0v) is 10.4. The van der Waals surface area contributed by atoms with Gasteiger partial charge in [0.1, 0.15) is 0 Å². The lowest BCUT2D eigenvalue weighted by Gasteiger charge is -2.24. The molecule has 94 valence electrons. The lowest BCUT2D eigenvalue weighted by atomic mass is 9.97. The Morgan fingerprint density at radius 1 is 1.24 bits per heavy atom. The van der Waals surface area contributed by atoms with Crippen LogP contribution in [-0.2, 0) is 6.42 Å². The Morgan fingerprint density at radius 2 is 2.06 bits per heavy atom. The molecular weight excluding hydrogens is 210 g/mol. The minimum atomic E-state index is -0.193. The highest BCUT2D eigenvalue weighted by molar-refractivity contribution is 5.15. The number of aliphatic hydroxyl groups excluding tert-OH is 1. The molecule has 1 heterocycles. The van der Waals surface area contributed by atoms with E-state index in [-0.39, 0.29) is 6.10 Å². The van der Waals surface area contributed by atoms with Crippen molar-refractivity contribution in [1.29, 1.82) is 0 Å². The van der Waals surface area contributed by atoms with Crippen LogP contribution in [0.5, 0.6) is 0 Å². The summed E-state index contributed by atoms with van der Waals surface area (Å²) >= 11 is 0. The monoisotopic (exact) mass is 233 g/mol. The van der Waals surface area contributed by atoms with Crippen molar-refractivity contribution in [3.05, 3.63) is 35.9 Å². The summed E-state index contributed by atoms with van der Waals surface area (Å²) in [6.07, 6.45) is 6.53. The minimum absolute atomic E-state index is 0.193. The fraction of sp³-hybridized carbons (Fsp3) is 0.600. The average Bonchev–Trinajstić information content (AvgIpc) is 2.39. The molecule has 17 heavy (non-hydrogen) atoms. The Kier molecular flexibility index (Phi) is 5.02. The van der Waals surface area contributed by atoms with E-state index in [0.717, 1.165) is 25.8 Å².